The van der Waals surface area contributed by atoms with Crippen LogP contribution in [-0.4, -0.2) is 60.3 Å². The topological polar surface area (TPSA) is 99.4 Å². The number of piperidine rings is 1. The molecular formula is C12H17N5O3S. The molecule has 1 aromatic rings. The second-order valence-corrected chi connectivity index (χ2v) is 6.99. The summed E-state index contributed by atoms with van der Waals surface area (Å²) in [5.74, 6) is 0.147. The van der Waals surface area contributed by atoms with Gasteiger partial charge in [-0.25, -0.2) is 9.97 Å². The van der Waals surface area contributed by atoms with E-state index in [4.69, 9.17) is 10.00 Å². The van der Waals surface area contributed by atoms with Gasteiger partial charge in [-0.15, -0.1) is 0 Å². The van der Waals surface area contributed by atoms with Crippen LogP contribution in [0, 0.1) is 11.3 Å². The highest BCUT2D eigenvalue weighted by atomic mass is 32.2. The molecule has 2 rings (SSSR count). The zero-order valence-electron chi connectivity index (χ0n) is 11.9. The summed E-state index contributed by atoms with van der Waals surface area (Å²) in [4.78, 5) is 7.85. The van der Waals surface area contributed by atoms with Crippen molar-refractivity contribution in [2.24, 2.45) is 0 Å². The quantitative estimate of drug-likeness (QED) is 0.776. The molecule has 114 valence electrons. The summed E-state index contributed by atoms with van der Waals surface area (Å²) in [5.41, 5.74) is 0.102. The number of aromatic nitrogens is 2. The van der Waals surface area contributed by atoms with Crippen molar-refractivity contribution in [2.75, 3.05) is 27.2 Å². The van der Waals surface area contributed by atoms with E-state index in [1.807, 2.05) is 6.07 Å². The molecule has 8 nitrogen and oxygen atoms in total. The summed E-state index contributed by atoms with van der Waals surface area (Å²) < 4.78 is 32.5. The van der Waals surface area contributed by atoms with E-state index >= 15 is 0 Å². The molecule has 0 radical (unpaired) electrons. The molecule has 21 heavy (non-hydrogen) atoms. The molecule has 0 bridgehead atoms. The molecule has 1 aliphatic heterocycles. The Hall–Kier alpha value is -1.76. The molecule has 1 saturated heterocycles. The van der Waals surface area contributed by atoms with Crippen molar-refractivity contribution in [2.45, 2.75) is 18.9 Å². The fraction of sp³-hybridized carbons (Fsp3) is 0.583. The SMILES string of the molecule is CN(C)S(=O)(=O)N1CCCC(Oc2nccnc2C#N)C1. The molecule has 0 N–H and O–H groups in total. The Morgan fingerprint density at radius 3 is 2.81 bits per heavy atom. The monoisotopic (exact) mass is 311 g/mol. The first-order valence-electron chi connectivity index (χ1n) is 6.50. The smallest absolute Gasteiger partial charge is 0.281 e. The molecule has 1 aromatic heterocycles. The highest BCUT2D eigenvalue weighted by molar-refractivity contribution is 7.86. The van der Waals surface area contributed by atoms with Gasteiger partial charge in [0.15, 0.2) is 0 Å². The maximum atomic E-state index is 12.1. The molecule has 1 atom stereocenters. The average molecular weight is 311 g/mol. The van der Waals surface area contributed by atoms with Gasteiger partial charge in [0, 0.05) is 33.0 Å². The Balaban J connectivity index is 2.11. The minimum atomic E-state index is -3.46. The summed E-state index contributed by atoms with van der Waals surface area (Å²) in [7, 11) is -0.463. The summed E-state index contributed by atoms with van der Waals surface area (Å²) in [6, 6.07) is 1.91. The molecule has 0 spiro atoms. The first-order chi connectivity index (χ1) is 9.95. The number of hydrogen-bond donors (Lipinski definition) is 0. The van der Waals surface area contributed by atoms with Crippen LogP contribution in [0.1, 0.15) is 18.5 Å². The maximum Gasteiger partial charge on any atom is 0.281 e. The first kappa shape index (κ1) is 15.6. The second kappa shape index (κ2) is 6.34. The fourth-order valence-electron chi connectivity index (χ4n) is 2.09. The molecule has 0 aromatic carbocycles. The summed E-state index contributed by atoms with van der Waals surface area (Å²) in [6.45, 7) is 0.702. The lowest BCUT2D eigenvalue weighted by Crippen LogP contribution is -2.48. The Labute approximate surface area is 124 Å². The van der Waals surface area contributed by atoms with E-state index in [0.717, 1.165) is 0 Å². The fourth-order valence-corrected chi connectivity index (χ4v) is 3.26. The standard InChI is InChI=1S/C12H17N5O3S/c1-16(2)21(18,19)17-7-3-4-10(9-17)20-12-11(8-13)14-5-6-15-12/h5-6,10H,3-4,7,9H2,1-2H3. The molecule has 1 aliphatic rings. The van der Waals surface area contributed by atoms with Gasteiger partial charge in [0.2, 0.25) is 5.69 Å². The minimum Gasteiger partial charge on any atom is -0.471 e. The van der Waals surface area contributed by atoms with Gasteiger partial charge >= 0.3 is 0 Å². The molecule has 0 aliphatic carbocycles. The van der Waals surface area contributed by atoms with Crippen LogP contribution < -0.4 is 4.74 Å². The van der Waals surface area contributed by atoms with Gasteiger partial charge in [0.05, 0.1) is 6.54 Å². The van der Waals surface area contributed by atoms with Crippen LogP contribution in [-0.2, 0) is 10.2 Å². The van der Waals surface area contributed by atoms with Gasteiger partial charge in [-0.2, -0.15) is 22.3 Å². The van der Waals surface area contributed by atoms with Gasteiger partial charge < -0.3 is 4.74 Å². The molecule has 2 heterocycles. The lowest BCUT2D eigenvalue weighted by atomic mass is 10.1. The van der Waals surface area contributed by atoms with Gasteiger partial charge in [-0.05, 0) is 12.8 Å². The molecule has 0 amide bonds. The lowest BCUT2D eigenvalue weighted by molar-refractivity contribution is 0.121. The number of rotatable bonds is 4. The van der Waals surface area contributed by atoms with Crippen LogP contribution in [0.3, 0.4) is 0 Å². The van der Waals surface area contributed by atoms with Crippen LogP contribution >= 0.6 is 0 Å². The predicted octanol–water partition coefficient (Wildman–Crippen LogP) is -0.00212. The highest BCUT2D eigenvalue weighted by Crippen LogP contribution is 2.20. The van der Waals surface area contributed by atoms with E-state index in [2.05, 4.69) is 9.97 Å². The zero-order valence-corrected chi connectivity index (χ0v) is 12.7. The third kappa shape index (κ3) is 3.47. The molecule has 0 saturated carbocycles. The van der Waals surface area contributed by atoms with Crippen molar-refractivity contribution in [3.63, 3.8) is 0 Å². The van der Waals surface area contributed by atoms with Crippen LogP contribution in [0.25, 0.3) is 0 Å². The van der Waals surface area contributed by atoms with Crippen LogP contribution in [0.15, 0.2) is 12.4 Å². The van der Waals surface area contributed by atoms with Crippen molar-refractivity contribution in [3.05, 3.63) is 18.1 Å². The average Bonchev–Trinajstić information content (AvgIpc) is 2.48. The number of nitriles is 1. The molecule has 1 fully saturated rings. The van der Waals surface area contributed by atoms with Crippen molar-refractivity contribution >= 4 is 10.2 Å². The van der Waals surface area contributed by atoms with Crippen molar-refractivity contribution in [3.8, 4) is 11.9 Å². The van der Waals surface area contributed by atoms with E-state index in [9.17, 15) is 8.42 Å². The van der Waals surface area contributed by atoms with Crippen LogP contribution in [0.2, 0.25) is 0 Å². The zero-order chi connectivity index (χ0) is 15.5. The number of ether oxygens (including phenoxy) is 1. The molecular weight excluding hydrogens is 294 g/mol. The van der Waals surface area contributed by atoms with E-state index < -0.39 is 10.2 Å². The largest absolute Gasteiger partial charge is 0.471 e. The highest BCUT2D eigenvalue weighted by Gasteiger charge is 2.31. The Bertz CT molecular complexity index is 641. The van der Waals surface area contributed by atoms with Crippen LogP contribution in [0.4, 0.5) is 0 Å². The van der Waals surface area contributed by atoms with Gasteiger partial charge in [-0.1, -0.05) is 0 Å². The van der Waals surface area contributed by atoms with E-state index in [0.29, 0.717) is 19.4 Å². The predicted molar refractivity (Wildman–Crippen MR) is 74.6 cm³/mol. The number of hydrogen-bond acceptors (Lipinski definition) is 6. The Kier molecular flexibility index (Phi) is 4.72. The van der Waals surface area contributed by atoms with E-state index in [1.165, 1.54) is 35.1 Å². The first-order valence-corrected chi connectivity index (χ1v) is 7.90. The van der Waals surface area contributed by atoms with Crippen LogP contribution in [0.5, 0.6) is 5.88 Å². The van der Waals surface area contributed by atoms with Gasteiger partial charge in [0.25, 0.3) is 16.1 Å². The third-order valence-electron chi connectivity index (χ3n) is 3.18. The van der Waals surface area contributed by atoms with Crippen molar-refractivity contribution < 1.29 is 13.2 Å². The Morgan fingerprint density at radius 2 is 2.14 bits per heavy atom. The third-order valence-corrected chi connectivity index (χ3v) is 5.08. The lowest BCUT2D eigenvalue weighted by Gasteiger charge is -2.33. The summed E-state index contributed by atoms with van der Waals surface area (Å²) in [5, 5.41) is 8.96. The maximum absolute atomic E-state index is 12.1. The van der Waals surface area contributed by atoms with Crippen molar-refractivity contribution in [1.29, 1.82) is 5.26 Å². The van der Waals surface area contributed by atoms with Gasteiger partial charge in [-0.3, -0.25) is 0 Å². The van der Waals surface area contributed by atoms with Crippen molar-refractivity contribution in [1.82, 2.24) is 18.6 Å². The minimum absolute atomic E-state index is 0.102. The summed E-state index contributed by atoms with van der Waals surface area (Å²) >= 11 is 0. The van der Waals surface area contributed by atoms with E-state index in [-0.39, 0.29) is 24.2 Å². The number of nitrogens with zero attached hydrogens (tertiary/aromatic N) is 5. The second-order valence-electron chi connectivity index (χ2n) is 4.85. The van der Waals surface area contributed by atoms with E-state index in [1.54, 1.807) is 0 Å². The molecule has 9 heteroatoms. The van der Waals surface area contributed by atoms with Gasteiger partial charge in [0.1, 0.15) is 12.2 Å². The normalized spacial score (nSPS) is 20.2. The molecule has 1 unspecified atom stereocenters. The Morgan fingerprint density at radius 1 is 1.43 bits per heavy atom. The summed E-state index contributed by atoms with van der Waals surface area (Å²) in [6.07, 6.45) is 3.92.